The predicted molar refractivity (Wildman–Crippen MR) is 82.3 cm³/mol. The number of amides is 1. The highest BCUT2D eigenvalue weighted by Crippen LogP contribution is 2.28. The van der Waals surface area contributed by atoms with Crippen LogP contribution in [-0.4, -0.2) is 17.5 Å². The molecule has 2 N–H and O–H groups in total. The van der Waals surface area contributed by atoms with Crippen LogP contribution in [0.2, 0.25) is 5.02 Å². The Morgan fingerprint density at radius 3 is 2.90 bits per heavy atom. The van der Waals surface area contributed by atoms with Gasteiger partial charge in [-0.3, -0.25) is 9.59 Å². The maximum absolute atomic E-state index is 12.1. The van der Waals surface area contributed by atoms with Crippen molar-refractivity contribution >= 4 is 23.2 Å². The molecule has 21 heavy (non-hydrogen) atoms. The number of carbonyl (C=O) groups excluding carboxylic acids is 1. The number of pyridine rings is 1. The Bertz CT molecular complexity index is 697. The highest BCUT2D eigenvalue weighted by atomic mass is 35.5. The van der Waals surface area contributed by atoms with Gasteiger partial charge in [0.15, 0.2) is 5.43 Å². The lowest BCUT2D eigenvalue weighted by atomic mass is 10.2. The number of aromatic nitrogens is 1. The van der Waals surface area contributed by atoms with Gasteiger partial charge in [0, 0.05) is 23.5 Å². The summed E-state index contributed by atoms with van der Waals surface area (Å²) < 4.78 is 5.55. The van der Waals surface area contributed by atoms with Crippen molar-refractivity contribution in [3.8, 4) is 5.75 Å². The minimum absolute atomic E-state index is 0.0268. The van der Waals surface area contributed by atoms with E-state index in [9.17, 15) is 9.59 Å². The van der Waals surface area contributed by atoms with Gasteiger partial charge in [0.25, 0.3) is 5.91 Å². The van der Waals surface area contributed by atoms with E-state index in [2.05, 4.69) is 10.3 Å². The summed E-state index contributed by atoms with van der Waals surface area (Å²) in [4.78, 5) is 26.5. The quantitative estimate of drug-likeness (QED) is 0.891. The lowest BCUT2D eigenvalue weighted by Gasteiger charge is -2.12. The Balaban J connectivity index is 2.26. The summed E-state index contributed by atoms with van der Waals surface area (Å²) in [6.07, 6.45) is 3.66. The molecule has 0 atom stereocenters. The minimum Gasteiger partial charge on any atom is -0.491 e. The van der Waals surface area contributed by atoms with Crippen molar-refractivity contribution in [1.29, 1.82) is 0 Å². The number of carbonyl (C=O) groups is 1. The van der Waals surface area contributed by atoms with Crippen LogP contribution in [0.3, 0.4) is 0 Å². The zero-order chi connectivity index (χ0) is 15.2. The van der Waals surface area contributed by atoms with Crippen molar-refractivity contribution < 1.29 is 9.53 Å². The average Bonchev–Trinajstić information content (AvgIpc) is 2.47. The van der Waals surface area contributed by atoms with Gasteiger partial charge in [0.05, 0.1) is 12.3 Å². The summed E-state index contributed by atoms with van der Waals surface area (Å²) in [6, 6.07) is 6.24. The lowest BCUT2D eigenvalue weighted by molar-refractivity contribution is 0.102. The summed E-state index contributed by atoms with van der Waals surface area (Å²) in [5.74, 6) is 0.00225. The third-order valence-electron chi connectivity index (χ3n) is 2.72. The number of ether oxygens (including phenoxy) is 1. The van der Waals surface area contributed by atoms with Crippen molar-refractivity contribution in [2.45, 2.75) is 13.3 Å². The van der Waals surface area contributed by atoms with Crippen LogP contribution >= 0.6 is 11.6 Å². The molecule has 0 unspecified atom stereocenters. The molecule has 2 rings (SSSR count). The maximum Gasteiger partial charge on any atom is 0.261 e. The van der Waals surface area contributed by atoms with E-state index in [1.807, 2.05) is 6.92 Å². The fourth-order valence-corrected chi connectivity index (χ4v) is 1.89. The average molecular weight is 307 g/mol. The number of H-pyrrole nitrogens is 1. The van der Waals surface area contributed by atoms with Gasteiger partial charge < -0.3 is 15.0 Å². The molecule has 2 aromatic rings. The first-order valence-electron chi connectivity index (χ1n) is 6.52. The van der Waals surface area contributed by atoms with Gasteiger partial charge in [-0.05, 0) is 24.6 Å². The third kappa shape index (κ3) is 3.86. The summed E-state index contributed by atoms with van der Waals surface area (Å²) in [5.41, 5.74) is 0.104. The van der Waals surface area contributed by atoms with E-state index < -0.39 is 5.91 Å². The Hall–Kier alpha value is -2.27. The van der Waals surface area contributed by atoms with Gasteiger partial charge in [0.2, 0.25) is 0 Å². The zero-order valence-electron chi connectivity index (χ0n) is 11.5. The molecule has 0 aliphatic heterocycles. The fraction of sp³-hybridized carbons (Fsp3) is 0.200. The molecule has 0 fully saturated rings. The highest BCUT2D eigenvalue weighted by Gasteiger charge is 2.13. The van der Waals surface area contributed by atoms with Crippen LogP contribution in [0.5, 0.6) is 5.75 Å². The molecule has 1 amide bonds. The lowest BCUT2D eigenvalue weighted by Crippen LogP contribution is -2.21. The SMILES string of the molecule is CCCOc1ccc(Cl)cc1NC(=O)c1c[nH]ccc1=O. The van der Waals surface area contributed by atoms with Gasteiger partial charge in [-0.25, -0.2) is 0 Å². The molecule has 0 saturated heterocycles. The van der Waals surface area contributed by atoms with E-state index in [1.165, 1.54) is 18.5 Å². The molecule has 0 saturated carbocycles. The summed E-state index contributed by atoms with van der Waals surface area (Å²) in [5, 5.41) is 3.12. The zero-order valence-corrected chi connectivity index (χ0v) is 12.2. The molecule has 0 spiro atoms. The molecule has 0 aliphatic carbocycles. The first-order valence-corrected chi connectivity index (χ1v) is 6.90. The van der Waals surface area contributed by atoms with Gasteiger partial charge in [-0.15, -0.1) is 0 Å². The van der Waals surface area contributed by atoms with E-state index in [4.69, 9.17) is 16.3 Å². The fourth-order valence-electron chi connectivity index (χ4n) is 1.72. The number of halogens is 1. The number of anilines is 1. The molecule has 1 aromatic carbocycles. The van der Waals surface area contributed by atoms with E-state index >= 15 is 0 Å². The molecule has 5 nitrogen and oxygen atoms in total. The standard InChI is InChI=1S/C15H15ClN2O3/c1-2-7-21-14-4-3-10(16)8-12(14)18-15(20)11-9-17-6-5-13(11)19/h3-6,8-9H,2,7H2,1H3,(H,17,19)(H,18,20). The number of rotatable bonds is 5. The van der Waals surface area contributed by atoms with Crippen molar-refractivity contribution in [1.82, 2.24) is 4.98 Å². The van der Waals surface area contributed by atoms with Crippen LogP contribution < -0.4 is 15.5 Å². The molecule has 0 radical (unpaired) electrons. The van der Waals surface area contributed by atoms with E-state index in [0.717, 1.165) is 6.42 Å². The summed E-state index contributed by atoms with van der Waals surface area (Å²) in [6.45, 7) is 2.51. The van der Waals surface area contributed by atoms with Gasteiger partial charge in [-0.1, -0.05) is 18.5 Å². The van der Waals surface area contributed by atoms with Gasteiger partial charge >= 0.3 is 0 Å². The summed E-state index contributed by atoms with van der Waals surface area (Å²) >= 11 is 5.94. The van der Waals surface area contributed by atoms with Crippen LogP contribution in [0.25, 0.3) is 0 Å². The highest BCUT2D eigenvalue weighted by molar-refractivity contribution is 6.31. The first-order chi connectivity index (χ1) is 10.1. The van der Waals surface area contributed by atoms with Crippen LogP contribution in [0.4, 0.5) is 5.69 Å². The maximum atomic E-state index is 12.1. The molecule has 0 bridgehead atoms. The molecule has 6 heteroatoms. The van der Waals surface area contributed by atoms with E-state index in [1.54, 1.807) is 18.2 Å². The molecular formula is C15H15ClN2O3. The molecule has 1 aromatic heterocycles. The number of aromatic amines is 1. The van der Waals surface area contributed by atoms with Crippen LogP contribution in [-0.2, 0) is 0 Å². The minimum atomic E-state index is -0.513. The third-order valence-corrected chi connectivity index (χ3v) is 2.96. The Morgan fingerprint density at radius 2 is 2.19 bits per heavy atom. The Labute approximate surface area is 126 Å². The second-order valence-electron chi connectivity index (χ2n) is 4.37. The monoisotopic (exact) mass is 306 g/mol. The van der Waals surface area contributed by atoms with Crippen LogP contribution in [0, 0.1) is 0 Å². The summed E-state index contributed by atoms with van der Waals surface area (Å²) in [7, 11) is 0. The topological polar surface area (TPSA) is 71.2 Å². The molecule has 110 valence electrons. The van der Waals surface area contributed by atoms with E-state index in [0.29, 0.717) is 23.1 Å². The largest absolute Gasteiger partial charge is 0.491 e. The van der Waals surface area contributed by atoms with Gasteiger partial charge in [0.1, 0.15) is 11.3 Å². The second-order valence-corrected chi connectivity index (χ2v) is 4.80. The van der Waals surface area contributed by atoms with Crippen molar-refractivity contribution in [3.63, 3.8) is 0 Å². The number of hydrogen-bond donors (Lipinski definition) is 2. The van der Waals surface area contributed by atoms with Crippen molar-refractivity contribution in [2.24, 2.45) is 0 Å². The molecular weight excluding hydrogens is 292 g/mol. The number of nitrogens with one attached hydrogen (secondary N) is 2. The van der Waals surface area contributed by atoms with Crippen LogP contribution in [0.1, 0.15) is 23.7 Å². The second kappa shape index (κ2) is 6.95. The van der Waals surface area contributed by atoms with Crippen molar-refractivity contribution in [2.75, 3.05) is 11.9 Å². The molecule has 1 heterocycles. The normalized spacial score (nSPS) is 10.2. The first kappa shape index (κ1) is 15.1. The molecule has 0 aliphatic rings. The number of hydrogen-bond acceptors (Lipinski definition) is 3. The van der Waals surface area contributed by atoms with Crippen LogP contribution in [0.15, 0.2) is 41.5 Å². The Morgan fingerprint density at radius 1 is 1.38 bits per heavy atom. The van der Waals surface area contributed by atoms with Crippen molar-refractivity contribution in [3.05, 3.63) is 57.5 Å². The van der Waals surface area contributed by atoms with Gasteiger partial charge in [-0.2, -0.15) is 0 Å². The predicted octanol–water partition coefficient (Wildman–Crippen LogP) is 3.07. The Kier molecular flexibility index (Phi) is 5.00. The number of benzene rings is 1. The smallest absolute Gasteiger partial charge is 0.261 e. The van der Waals surface area contributed by atoms with E-state index in [-0.39, 0.29) is 11.0 Å².